The summed E-state index contributed by atoms with van der Waals surface area (Å²) in [5.74, 6) is 1.78. The monoisotopic (exact) mass is 346 g/mol. The minimum atomic E-state index is 0.750. The number of pyridine rings is 1. The number of benzene rings is 2. The zero-order valence-electron chi connectivity index (χ0n) is 13.9. The molecule has 0 aliphatic rings. The third-order valence-corrected chi connectivity index (χ3v) is 5.12. The molecule has 2 aromatic carbocycles. The molecule has 0 aliphatic carbocycles. The van der Waals surface area contributed by atoms with E-state index in [1.807, 2.05) is 24.4 Å². The highest BCUT2D eigenvalue weighted by Gasteiger charge is 2.12. The van der Waals surface area contributed by atoms with Crippen molar-refractivity contribution in [3.05, 3.63) is 77.8 Å². The van der Waals surface area contributed by atoms with Gasteiger partial charge in [0.25, 0.3) is 0 Å². The summed E-state index contributed by atoms with van der Waals surface area (Å²) in [4.78, 5) is 4.59. The summed E-state index contributed by atoms with van der Waals surface area (Å²) in [6.45, 7) is 0.750. The molecule has 1 N–H and O–H groups in total. The van der Waals surface area contributed by atoms with Gasteiger partial charge >= 0.3 is 0 Å². The first-order valence-electron chi connectivity index (χ1n) is 8.13. The molecule has 0 atom stereocenters. The van der Waals surface area contributed by atoms with Gasteiger partial charge in [-0.1, -0.05) is 42.5 Å². The molecule has 4 heteroatoms. The van der Waals surface area contributed by atoms with E-state index in [2.05, 4.69) is 58.1 Å². The van der Waals surface area contributed by atoms with Crippen molar-refractivity contribution in [3.8, 4) is 16.9 Å². The van der Waals surface area contributed by atoms with Crippen molar-refractivity contribution in [2.24, 2.45) is 0 Å². The first kappa shape index (κ1) is 15.7. The highest BCUT2D eigenvalue weighted by molar-refractivity contribution is 7.17. The fourth-order valence-corrected chi connectivity index (χ4v) is 3.87. The summed E-state index contributed by atoms with van der Waals surface area (Å²) >= 11 is 1.74. The van der Waals surface area contributed by atoms with E-state index in [1.54, 1.807) is 18.4 Å². The normalized spacial score (nSPS) is 10.8. The molecule has 2 heterocycles. The molecule has 0 unspecified atom stereocenters. The lowest BCUT2D eigenvalue weighted by Gasteiger charge is -2.09. The highest BCUT2D eigenvalue weighted by atomic mass is 32.1. The van der Waals surface area contributed by atoms with Crippen molar-refractivity contribution >= 4 is 27.2 Å². The number of hydrogen-bond donors (Lipinski definition) is 1. The molecule has 3 nitrogen and oxygen atoms in total. The standard InChI is InChI=1S/C21H18N2OS/c1-24-17-9-5-8-16(12-17)18-14-25-19-10-11-22-21(20(18)19)23-13-15-6-3-2-4-7-15/h2-12,14H,13H2,1H3,(H,22,23). The lowest BCUT2D eigenvalue weighted by molar-refractivity contribution is 0.415. The largest absolute Gasteiger partial charge is 0.497 e. The topological polar surface area (TPSA) is 34.1 Å². The van der Waals surface area contributed by atoms with E-state index >= 15 is 0 Å². The fourth-order valence-electron chi connectivity index (χ4n) is 2.90. The van der Waals surface area contributed by atoms with Gasteiger partial charge in [-0.2, -0.15) is 0 Å². The lowest BCUT2D eigenvalue weighted by atomic mass is 10.0. The number of fused-ring (bicyclic) bond motifs is 1. The predicted octanol–water partition coefficient (Wildman–Crippen LogP) is 5.58. The van der Waals surface area contributed by atoms with E-state index in [0.717, 1.165) is 29.1 Å². The first-order chi connectivity index (χ1) is 12.3. The summed E-state index contributed by atoms with van der Waals surface area (Å²) in [5.41, 5.74) is 3.56. The van der Waals surface area contributed by atoms with Gasteiger partial charge in [0.05, 0.1) is 7.11 Å². The number of ether oxygens (including phenoxy) is 1. The number of aromatic nitrogens is 1. The Bertz CT molecular complexity index is 995. The van der Waals surface area contributed by atoms with E-state index in [9.17, 15) is 0 Å². The van der Waals surface area contributed by atoms with Gasteiger partial charge in [0.2, 0.25) is 0 Å². The number of thiophene rings is 1. The summed E-state index contributed by atoms with van der Waals surface area (Å²) in [5, 5.41) is 6.85. The van der Waals surface area contributed by atoms with Gasteiger partial charge in [-0.15, -0.1) is 11.3 Å². The van der Waals surface area contributed by atoms with E-state index in [-0.39, 0.29) is 0 Å². The number of rotatable bonds is 5. The molecule has 25 heavy (non-hydrogen) atoms. The SMILES string of the molecule is COc1cccc(-c2csc3ccnc(NCc4ccccc4)c23)c1. The Hall–Kier alpha value is -2.85. The third kappa shape index (κ3) is 3.21. The Kier molecular flexibility index (Phi) is 4.36. The summed E-state index contributed by atoms with van der Waals surface area (Å²) < 4.78 is 6.60. The number of methoxy groups -OCH3 is 1. The van der Waals surface area contributed by atoms with Crippen LogP contribution in [-0.2, 0) is 6.54 Å². The van der Waals surface area contributed by atoms with Gasteiger partial charge in [-0.25, -0.2) is 4.98 Å². The maximum atomic E-state index is 5.37. The van der Waals surface area contributed by atoms with Crippen LogP contribution in [0.5, 0.6) is 5.75 Å². The lowest BCUT2D eigenvalue weighted by Crippen LogP contribution is -2.01. The molecule has 2 aromatic heterocycles. The van der Waals surface area contributed by atoms with Gasteiger partial charge in [-0.05, 0) is 34.7 Å². The highest BCUT2D eigenvalue weighted by Crippen LogP contribution is 2.38. The second-order valence-corrected chi connectivity index (χ2v) is 6.66. The molecule has 0 fully saturated rings. The maximum Gasteiger partial charge on any atom is 0.135 e. The molecule has 0 aliphatic heterocycles. The Labute approximate surface area is 150 Å². The molecule has 4 aromatic rings. The van der Waals surface area contributed by atoms with Crippen LogP contribution in [0.4, 0.5) is 5.82 Å². The molecule has 0 bridgehead atoms. The Morgan fingerprint density at radius 1 is 1.04 bits per heavy atom. The van der Waals surface area contributed by atoms with Crippen LogP contribution in [-0.4, -0.2) is 12.1 Å². The predicted molar refractivity (Wildman–Crippen MR) is 105 cm³/mol. The zero-order valence-corrected chi connectivity index (χ0v) is 14.7. The molecule has 0 saturated heterocycles. The van der Waals surface area contributed by atoms with Crippen molar-refractivity contribution in [1.29, 1.82) is 0 Å². The Morgan fingerprint density at radius 3 is 2.76 bits per heavy atom. The minimum Gasteiger partial charge on any atom is -0.497 e. The van der Waals surface area contributed by atoms with Gasteiger partial charge in [-0.3, -0.25) is 0 Å². The van der Waals surface area contributed by atoms with Gasteiger partial charge in [0, 0.05) is 28.4 Å². The molecule has 0 saturated carbocycles. The van der Waals surface area contributed by atoms with Crippen molar-refractivity contribution in [1.82, 2.24) is 4.98 Å². The molecular formula is C21H18N2OS. The Morgan fingerprint density at radius 2 is 1.92 bits per heavy atom. The van der Waals surface area contributed by atoms with Crippen LogP contribution < -0.4 is 10.1 Å². The molecule has 0 radical (unpaired) electrons. The molecular weight excluding hydrogens is 328 g/mol. The van der Waals surface area contributed by atoms with Crippen molar-refractivity contribution in [2.75, 3.05) is 12.4 Å². The minimum absolute atomic E-state index is 0.750. The average Bonchev–Trinajstić information content (AvgIpc) is 3.12. The van der Waals surface area contributed by atoms with Crippen LogP contribution in [0.2, 0.25) is 0 Å². The Balaban J connectivity index is 1.74. The van der Waals surface area contributed by atoms with E-state index in [4.69, 9.17) is 4.74 Å². The number of nitrogens with one attached hydrogen (secondary N) is 1. The molecule has 0 amide bonds. The van der Waals surface area contributed by atoms with Crippen LogP contribution in [0.25, 0.3) is 21.2 Å². The first-order valence-corrected chi connectivity index (χ1v) is 9.01. The van der Waals surface area contributed by atoms with Crippen molar-refractivity contribution in [3.63, 3.8) is 0 Å². The molecule has 4 rings (SSSR count). The number of anilines is 1. The average molecular weight is 346 g/mol. The summed E-state index contributed by atoms with van der Waals surface area (Å²) in [7, 11) is 1.69. The number of hydrogen-bond acceptors (Lipinski definition) is 4. The quantitative estimate of drug-likeness (QED) is 0.512. The summed E-state index contributed by atoms with van der Waals surface area (Å²) in [6, 6.07) is 20.6. The van der Waals surface area contributed by atoms with Gasteiger partial charge in [0.15, 0.2) is 0 Å². The number of nitrogens with zero attached hydrogens (tertiary/aromatic N) is 1. The smallest absolute Gasteiger partial charge is 0.135 e. The van der Waals surface area contributed by atoms with E-state index < -0.39 is 0 Å². The van der Waals surface area contributed by atoms with Crippen molar-refractivity contribution in [2.45, 2.75) is 6.54 Å². The molecule has 124 valence electrons. The van der Waals surface area contributed by atoms with Crippen LogP contribution in [0.3, 0.4) is 0 Å². The molecule has 0 spiro atoms. The van der Waals surface area contributed by atoms with Crippen LogP contribution >= 0.6 is 11.3 Å². The fraction of sp³-hybridized carbons (Fsp3) is 0.0952. The van der Waals surface area contributed by atoms with Gasteiger partial charge < -0.3 is 10.1 Å². The van der Waals surface area contributed by atoms with Crippen molar-refractivity contribution < 1.29 is 4.74 Å². The zero-order chi connectivity index (χ0) is 17.1. The van der Waals surface area contributed by atoms with Gasteiger partial charge in [0.1, 0.15) is 11.6 Å². The summed E-state index contributed by atoms with van der Waals surface area (Å²) in [6.07, 6.45) is 1.86. The van der Waals surface area contributed by atoms with Crippen LogP contribution in [0.1, 0.15) is 5.56 Å². The van der Waals surface area contributed by atoms with Crippen LogP contribution in [0.15, 0.2) is 72.2 Å². The van der Waals surface area contributed by atoms with Crippen LogP contribution in [0, 0.1) is 0 Å². The third-order valence-electron chi connectivity index (χ3n) is 4.17. The van der Waals surface area contributed by atoms with E-state index in [0.29, 0.717) is 0 Å². The van der Waals surface area contributed by atoms with E-state index in [1.165, 1.54) is 15.8 Å². The second-order valence-electron chi connectivity index (χ2n) is 5.75. The second kappa shape index (κ2) is 6.95. The maximum absolute atomic E-state index is 5.37.